The number of amides is 1. The van der Waals surface area contributed by atoms with Gasteiger partial charge in [0.25, 0.3) is 5.91 Å². The summed E-state index contributed by atoms with van der Waals surface area (Å²) >= 11 is 0. The Morgan fingerprint density at radius 2 is 1.94 bits per heavy atom. The third kappa shape index (κ3) is 6.03. The van der Waals surface area contributed by atoms with Crippen molar-refractivity contribution in [1.82, 2.24) is 25.1 Å². The van der Waals surface area contributed by atoms with Gasteiger partial charge in [-0.3, -0.25) is 9.69 Å². The molecule has 0 bridgehead atoms. The summed E-state index contributed by atoms with van der Waals surface area (Å²) in [6.45, 7) is 6.24. The first kappa shape index (κ1) is 22.6. The Bertz CT molecular complexity index is 926. The number of β-amino-alcohol motifs (C(OH)–C–C–N with tert-alkyl or cyclic N) is 1. The number of aliphatic hydroxyl groups is 1. The monoisotopic (exact) mass is 438 g/mol. The first-order valence-electron chi connectivity index (χ1n) is 11.4. The van der Waals surface area contributed by atoms with E-state index in [4.69, 9.17) is 0 Å². The minimum absolute atomic E-state index is 0.158. The molecule has 2 aromatic rings. The van der Waals surface area contributed by atoms with Crippen molar-refractivity contribution in [2.24, 2.45) is 0 Å². The van der Waals surface area contributed by atoms with E-state index < -0.39 is 5.60 Å². The van der Waals surface area contributed by atoms with E-state index in [1.54, 1.807) is 13.0 Å². The number of hydrogen-bond donors (Lipinski definition) is 3. The zero-order valence-electron chi connectivity index (χ0n) is 19.0. The Hall–Kier alpha value is -2.55. The van der Waals surface area contributed by atoms with Crippen molar-refractivity contribution in [1.29, 1.82) is 0 Å². The summed E-state index contributed by atoms with van der Waals surface area (Å²) in [5.41, 5.74) is 1.96. The molecule has 2 aliphatic heterocycles. The fourth-order valence-corrected chi connectivity index (χ4v) is 4.51. The molecule has 1 saturated heterocycles. The topological polar surface area (TPSA) is 93.6 Å². The van der Waals surface area contributed by atoms with Crippen LogP contribution in [0.3, 0.4) is 0 Å². The molecular formula is C24H34N6O2. The zero-order valence-corrected chi connectivity index (χ0v) is 19.0. The first-order chi connectivity index (χ1) is 15.4. The second-order valence-electron chi connectivity index (χ2n) is 9.42. The van der Waals surface area contributed by atoms with Crippen LogP contribution < -0.4 is 10.6 Å². The molecule has 1 aromatic carbocycles. The summed E-state index contributed by atoms with van der Waals surface area (Å²) in [5.74, 6) is 0.363. The highest BCUT2D eigenvalue weighted by molar-refractivity contribution is 5.92. The number of nitrogens with zero attached hydrogens (tertiary/aromatic N) is 4. The van der Waals surface area contributed by atoms with Crippen molar-refractivity contribution in [2.75, 3.05) is 45.1 Å². The van der Waals surface area contributed by atoms with E-state index in [-0.39, 0.29) is 12.5 Å². The van der Waals surface area contributed by atoms with Gasteiger partial charge in [0.15, 0.2) is 0 Å². The summed E-state index contributed by atoms with van der Waals surface area (Å²) in [5, 5.41) is 17.2. The predicted octanol–water partition coefficient (Wildman–Crippen LogP) is 1.52. The lowest BCUT2D eigenvalue weighted by atomic mass is 9.98. The lowest BCUT2D eigenvalue weighted by Crippen LogP contribution is -2.49. The molecule has 4 rings (SSSR count). The first-order valence-corrected chi connectivity index (χ1v) is 11.4. The lowest BCUT2D eigenvalue weighted by molar-refractivity contribution is 0.0159. The highest BCUT2D eigenvalue weighted by Gasteiger charge is 2.27. The van der Waals surface area contributed by atoms with Crippen molar-refractivity contribution in [3.8, 4) is 0 Å². The maximum absolute atomic E-state index is 12.7. The number of aromatic nitrogens is 2. The zero-order chi connectivity index (χ0) is 22.6. The standard InChI is InChI=1S/C24H34N6O2/c1-24(32,16-30-12-7-18-5-3-4-6-19(18)14-30)15-25-23(31)21-13-22(27-17-26-21)28-20-8-10-29(2)11-9-20/h3-6,13,17,20,32H,7-12,14-16H2,1-2H3,(H,25,31)(H,26,27,28). The van der Waals surface area contributed by atoms with Gasteiger partial charge in [0.05, 0.1) is 5.60 Å². The number of carbonyl (C=O) groups is 1. The number of anilines is 1. The minimum atomic E-state index is -1.04. The second-order valence-corrected chi connectivity index (χ2v) is 9.42. The fraction of sp³-hybridized carbons (Fsp3) is 0.542. The van der Waals surface area contributed by atoms with Gasteiger partial charge in [-0.05, 0) is 57.5 Å². The van der Waals surface area contributed by atoms with Crippen LogP contribution in [0.25, 0.3) is 0 Å². The number of rotatable bonds is 7. The van der Waals surface area contributed by atoms with Gasteiger partial charge in [-0.25, -0.2) is 9.97 Å². The Morgan fingerprint density at radius 1 is 1.19 bits per heavy atom. The summed E-state index contributed by atoms with van der Waals surface area (Å²) < 4.78 is 0. The van der Waals surface area contributed by atoms with Crippen LogP contribution in [0.2, 0.25) is 0 Å². The van der Waals surface area contributed by atoms with Crippen LogP contribution in [0.4, 0.5) is 5.82 Å². The average molecular weight is 439 g/mol. The van der Waals surface area contributed by atoms with Gasteiger partial charge in [0.1, 0.15) is 17.8 Å². The number of piperidine rings is 1. The SMILES string of the molecule is CN1CCC(Nc2cc(C(=O)NCC(C)(O)CN3CCc4ccccc4C3)ncn2)CC1. The molecule has 32 heavy (non-hydrogen) atoms. The fourth-order valence-electron chi connectivity index (χ4n) is 4.51. The van der Waals surface area contributed by atoms with Crippen molar-refractivity contribution >= 4 is 11.7 Å². The Balaban J connectivity index is 1.28. The quantitative estimate of drug-likeness (QED) is 0.604. The van der Waals surface area contributed by atoms with Gasteiger partial charge in [0, 0.05) is 38.3 Å². The van der Waals surface area contributed by atoms with E-state index in [1.807, 2.05) is 0 Å². The van der Waals surface area contributed by atoms with Crippen molar-refractivity contribution in [3.63, 3.8) is 0 Å². The number of hydrogen-bond acceptors (Lipinski definition) is 7. The van der Waals surface area contributed by atoms with Crippen molar-refractivity contribution < 1.29 is 9.90 Å². The highest BCUT2D eigenvalue weighted by atomic mass is 16.3. The van der Waals surface area contributed by atoms with Crippen molar-refractivity contribution in [2.45, 2.75) is 44.4 Å². The van der Waals surface area contributed by atoms with Gasteiger partial charge in [-0.1, -0.05) is 24.3 Å². The van der Waals surface area contributed by atoms with Gasteiger partial charge >= 0.3 is 0 Å². The Kier molecular flexibility index (Phi) is 7.03. The minimum Gasteiger partial charge on any atom is -0.387 e. The van der Waals surface area contributed by atoms with Crippen LogP contribution in [-0.2, 0) is 13.0 Å². The van der Waals surface area contributed by atoms with Crippen LogP contribution in [0, 0.1) is 0 Å². The summed E-state index contributed by atoms with van der Waals surface area (Å²) in [6, 6.07) is 10.5. The maximum atomic E-state index is 12.7. The third-order valence-electron chi connectivity index (χ3n) is 6.37. The normalized spacial score (nSPS) is 19.7. The Morgan fingerprint density at radius 3 is 2.72 bits per heavy atom. The highest BCUT2D eigenvalue weighted by Crippen LogP contribution is 2.20. The van der Waals surface area contributed by atoms with E-state index in [0.717, 1.165) is 45.4 Å². The van der Waals surface area contributed by atoms with Gasteiger partial charge in [-0.2, -0.15) is 0 Å². The van der Waals surface area contributed by atoms with Crippen LogP contribution in [0.5, 0.6) is 0 Å². The molecule has 8 nitrogen and oxygen atoms in total. The molecule has 8 heteroatoms. The number of likely N-dealkylation sites (tertiary alicyclic amines) is 1. The van der Waals surface area contributed by atoms with Crippen LogP contribution >= 0.6 is 0 Å². The molecule has 1 fully saturated rings. The molecule has 0 spiro atoms. The van der Waals surface area contributed by atoms with E-state index in [2.05, 4.69) is 61.7 Å². The van der Waals surface area contributed by atoms with E-state index in [9.17, 15) is 9.90 Å². The second kappa shape index (κ2) is 9.94. The molecule has 1 atom stereocenters. The molecule has 2 aliphatic rings. The molecule has 1 aromatic heterocycles. The maximum Gasteiger partial charge on any atom is 0.270 e. The Labute approximate surface area is 190 Å². The number of benzene rings is 1. The van der Waals surface area contributed by atoms with Crippen LogP contribution in [-0.4, -0.2) is 82.2 Å². The molecule has 172 valence electrons. The number of nitrogens with one attached hydrogen (secondary N) is 2. The summed E-state index contributed by atoms with van der Waals surface area (Å²) in [6.07, 6.45) is 4.49. The molecule has 0 saturated carbocycles. The molecule has 3 N–H and O–H groups in total. The molecule has 1 unspecified atom stereocenters. The largest absolute Gasteiger partial charge is 0.387 e. The van der Waals surface area contributed by atoms with Gasteiger partial charge in [-0.15, -0.1) is 0 Å². The number of fused-ring (bicyclic) bond motifs is 1. The molecule has 0 aliphatic carbocycles. The number of carbonyl (C=O) groups excluding carboxylic acids is 1. The summed E-state index contributed by atoms with van der Waals surface area (Å²) in [4.78, 5) is 25.6. The average Bonchev–Trinajstić information content (AvgIpc) is 2.79. The predicted molar refractivity (Wildman–Crippen MR) is 125 cm³/mol. The molecule has 3 heterocycles. The van der Waals surface area contributed by atoms with E-state index >= 15 is 0 Å². The third-order valence-corrected chi connectivity index (χ3v) is 6.37. The molecule has 0 radical (unpaired) electrons. The summed E-state index contributed by atoms with van der Waals surface area (Å²) in [7, 11) is 2.13. The van der Waals surface area contributed by atoms with Gasteiger partial charge in [0.2, 0.25) is 0 Å². The van der Waals surface area contributed by atoms with Crippen LogP contribution in [0.15, 0.2) is 36.7 Å². The lowest BCUT2D eigenvalue weighted by Gasteiger charge is -2.34. The van der Waals surface area contributed by atoms with E-state index in [0.29, 0.717) is 24.1 Å². The van der Waals surface area contributed by atoms with Crippen molar-refractivity contribution in [3.05, 3.63) is 53.5 Å². The molecule has 1 amide bonds. The van der Waals surface area contributed by atoms with E-state index in [1.165, 1.54) is 17.5 Å². The van der Waals surface area contributed by atoms with Crippen LogP contribution in [0.1, 0.15) is 41.4 Å². The molecular weight excluding hydrogens is 404 g/mol. The van der Waals surface area contributed by atoms with Gasteiger partial charge < -0.3 is 20.6 Å². The smallest absolute Gasteiger partial charge is 0.270 e.